The fraction of sp³-hybridized carbons (Fsp3) is 0.846. The fourth-order valence-electron chi connectivity index (χ4n) is 1.86. The number of aliphatic carboxylic acids is 1. The van der Waals surface area contributed by atoms with Crippen LogP contribution in [0.3, 0.4) is 0 Å². The van der Waals surface area contributed by atoms with E-state index in [1.165, 1.54) is 0 Å². The van der Waals surface area contributed by atoms with Crippen LogP contribution >= 0.6 is 0 Å². The van der Waals surface area contributed by atoms with Gasteiger partial charge in [0.2, 0.25) is 5.91 Å². The van der Waals surface area contributed by atoms with Crippen LogP contribution in [0, 0.1) is 11.3 Å². The monoisotopic (exact) mass is 289 g/mol. The lowest BCUT2D eigenvalue weighted by Crippen LogP contribution is -2.39. The van der Waals surface area contributed by atoms with Crippen LogP contribution in [0.1, 0.15) is 40.0 Å². The number of amides is 1. The molecule has 2 unspecified atom stereocenters. The first-order valence-corrected chi connectivity index (χ1v) is 8.01. The molecule has 2 N–H and O–H groups in total. The number of carbonyl (C=O) groups excluding carboxylic acids is 1. The number of carboxylic acid groups (broad SMARTS) is 1. The zero-order valence-electron chi connectivity index (χ0n) is 11.8. The minimum atomic E-state index is -1.31. The average Bonchev–Trinajstić information content (AvgIpc) is 3.03. The summed E-state index contributed by atoms with van der Waals surface area (Å²) in [6.45, 7) is 6.20. The van der Waals surface area contributed by atoms with Gasteiger partial charge in [-0.2, -0.15) is 0 Å². The van der Waals surface area contributed by atoms with Crippen LogP contribution in [0.25, 0.3) is 0 Å². The van der Waals surface area contributed by atoms with Crippen molar-refractivity contribution in [2.75, 3.05) is 12.3 Å². The molecule has 0 aromatic rings. The highest BCUT2D eigenvalue weighted by molar-refractivity contribution is 7.86. The zero-order chi connectivity index (χ0) is 14.6. The Labute approximate surface area is 116 Å². The highest BCUT2D eigenvalue weighted by Gasteiger charge is 2.46. The predicted octanol–water partition coefficient (Wildman–Crippen LogP) is 1.15. The topological polar surface area (TPSA) is 83.5 Å². The molecular weight excluding hydrogens is 266 g/mol. The maximum absolute atomic E-state index is 12.1. The van der Waals surface area contributed by atoms with Gasteiger partial charge in [-0.1, -0.05) is 13.8 Å². The summed E-state index contributed by atoms with van der Waals surface area (Å²) in [4.78, 5) is 22.5. The molecule has 1 rings (SSSR count). The quantitative estimate of drug-likeness (QED) is 0.702. The Morgan fingerprint density at radius 3 is 2.32 bits per heavy atom. The number of hydrogen-bond donors (Lipinski definition) is 2. The van der Waals surface area contributed by atoms with Crippen molar-refractivity contribution in [3.05, 3.63) is 0 Å². The van der Waals surface area contributed by atoms with Crippen molar-refractivity contribution in [2.45, 2.75) is 45.3 Å². The van der Waals surface area contributed by atoms with E-state index in [2.05, 4.69) is 5.32 Å². The standard InChI is InChI=1S/C13H23NO4S/c1-9(2)7-14-12(17)10(3)19(18)8-13(4-5-13)6-11(15)16/h9-10H,4-8H2,1-3H3,(H,14,17)(H,15,16). The van der Waals surface area contributed by atoms with Crippen LogP contribution in [0.15, 0.2) is 0 Å². The number of carboxylic acids is 1. The highest BCUT2D eigenvalue weighted by atomic mass is 32.2. The fourth-order valence-corrected chi connectivity index (χ4v) is 3.43. The van der Waals surface area contributed by atoms with E-state index in [0.29, 0.717) is 18.2 Å². The van der Waals surface area contributed by atoms with Gasteiger partial charge >= 0.3 is 5.97 Å². The second-order valence-corrected chi connectivity index (χ2v) is 7.63. The van der Waals surface area contributed by atoms with Crippen molar-refractivity contribution in [3.8, 4) is 0 Å². The first-order chi connectivity index (χ1) is 8.76. The summed E-state index contributed by atoms with van der Waals surface area (Å²) in [6.07, 6.45) is 1.65. The summed E-state index contributed by atoms with van der Waals surface area (Å²) in [6, 6.07) is 0. The Morgan fingerprint density at radius 1 is 1.32 bits per heavy atom. The SMILES string of the molecule is CC(C)CNC(=O)C(C)S(=O)CC1(CC(=O)O)CC1. The van der Waals surface area contributed by atoms with Crippen molar-refractivity contribution in [2.24, 2.45) is 11.3 Å². The van der Waals surface area contributed by atoms with Crippen molar-refractivity contribution >= 4 is 22.7 Å². The lowest BCUT2D eigenvalue weighted by molar-refractivity contribution is -0.138. The van der Waals surface area contributed by atoms with Crippen LogP contribution < -0.4 is 5.32 Å². The van der Waals surface area contributed by atoms with E-state index in [9.17, 15) is 13.8 Å². The van der Waals surface area contributed by atoms with Gasteiger partial charge in [0.15, 0.2) is 0 Å². The van der Waals surface area contributed by atoms with E-state index in [4.69, 9.17) is 5.11 Å². The Morgan fingerprint density at radius 2 is 1.89 bits per heavy atom. The normalized spacial score (nSPS) is 19.8. The molecule has 0 radical (unpaired) electrons. The van der Waals surface area contributed by atoms with Crippen molar-refractivity contribution in [3.63, 3.8) is 0 Å². The summed E-state index contributed by atoms with van der Waals surface area (Å²) in [5.74, 6) is -0.397. The summed E-state index contributed by atoms with van der Waals surface area (Å²) < 4.78 is 12.1. The van der Waals surface area contributed by atoms with Crippen molar-refractivity contribution in [1.29, 1.82) is 0 Å². The molecule has 1 aliphatic carbocycles. The number of nitrogens with one attached hydrogen (secondary N) is 1. The Balaban J connectivity index is 2.44. The molecule has 0 aromatic carbocycles. The minimum absolute atomic E-state index is 0.0546. The Kier molecular flexibility index (Phi) is 5.52. The van der Waals surface area contributed by atoms with Crippen molar-refractivity contribution in [1.82, 2.24) is 5.32 Å². The molecule has 2 atom stereocenters. The van der Waals surface area contributed by atoms with E-state index in [0.717, 1.165) is 12.8 Å². The third kappa shape index (κ3) is 5.30. The largest absolute Gasteiger partial charge is 0.481 e. The van der Waals surface area contributed by atoms with Gasteiger partial charge in [0.25, 0.3) is 0 Å². The smallest absolute Gasteiger partial charge is 0.303 e. The molecule has 1 fully saturated rings. The summed E-state index contributed by atoms with van der Waals surface area (Å²) in [7, 11) is -1.31. The van der Waals surface area contributed by atoms with E-state index >= 15 is 0 Å². The number of carbonyl (C=O) groups is 2. The number of rotatable bonds is 8. The van der Waals surface area contributed by atoms with Gasteiger partial charge < -0.3 is 10.4 Å². The van der Waals surface area contributed by atoms with Gasteiger partial charge in [-0.15, -0.1) is 0 Å². The van der Waals surface area contributed by atoms with Crippen LogP contribution in [0.4, 0.5) is 0 Å². The zero-order valence-corrected chi connectivity index (χ0v) is 12.6. The molecule has 0 aliphatic heterocycles. The molecular formula is C13H23NO4S. The lowest BCUT2D eigenvalue weighted by atomic mass is 10.1. The number of hydrogen-bond acceptors (Lipinski definition) is 3. The molecule has 110 valence electrons. The molecule has 0 aromatic heterocycles. The molecule has 19 heavy (non-hydrogen) atoms. The average molecular weight is 289 g/mol. The second kappa shape index (κ2) is 6.50. The molecule has 6 heteroatoms. The van der Waals surface area contributed by atoms with E-state index < -0.39 is 22.0 Å². The first-order valence-electron chi connectivity index (χ1n) is 6.62. The molecule has 1 saturated carbocycles. The van der Waals surface area contributed by atoms with Gasteiger partial charge in [-0.3, -0.25) is 13.8 Å². The molecule has 1 amide bonds. The first kappa shape index (κ1) is 16.1. The molecule has 0 spiro atoms. The van der Waals surface area contributed by atoms with Gasteiger partial charge in [-0.25, -0.2) is 0 Å². The Bertz CT molecular complexity index is 377. The van der Waals surface area contributed by atoms with Gasteiger partial charge in [0.05, 0.1) is 6.42 Å². The van der Waals surface area contributed by atoms with Crippen molar-refractivity contribution < 1.29 is 18.9 Å². The predicted molar refractivity (Wildman–Crippen MR) is 74.2 cm³/mol. The second-order valence-electron chi connectivity index (χ2n) is 5.88. The third-order valence-electron chi connectivity index (χ3n) is 3.38. The molecule has 0 saturated heterocycles. The van der Waals surface area contributed by atoms with Crippen LogP contribution in [0.5, 0.6) is 0 Å². The highest BCUT2D eigenvalue weighted by Crippen LogP contribution is 2.49. The third-order valence-corrected chi connectivity index (χ3v) is 5.28. The van der Waals surface area contributed by atoms with Crippen LogP contribution in [-0.2, 0) is 20.4 Å². The molecule has 1 aliphatic rings. The van der Waals surface area contributed by atoms with Gasteiger partial charge in [0.1, 0.15) is 5.25 Å². The maximum Gasteiger partial charge on any atom is 0.303 e. The lowest BCUT2D eigenvalue weighted by Gasteiger charge is -2.17. The summed E-state index contributed by atoms with van der Waals surface area (Å²) in [5.41, 5.74) is -0.330. The molecule has 5 nitrogen and oxygen atoms in total. The summed E-state index contributed by atoms with van der Waals surface area (Å²) >= 11 is 0. The molecule has 0 bridgehead atoms. The van der Waals surface area contributed by atoms with E-state index in [1.807, 2.05) is 13.8 Å². The minimum Gasteiger partial charge on any atom is -0.481 e. The van der Waals surface area contributed by atoms with E-state index in [-0.39, 0.29) is 17.7 Å². The maximum atomic E-state index is 12.1. The van der Waals surface area contributed by atoms with Crippen LogP contribution in [-0.4, -0.2) is 38.7 Å². The Hall–Kier alpha value is -0.910. The molecule has 0 heterocycles. The van der Waals surface area contributed by atoms with E-state index in [1.54, 1.807) is 6.92 Å². The van der Waals surface area contributed by atoms with Gasteiger partial charge in [0, 0.05) is 23.1 Å². The van der Waals surface area contributed by atoms with Gasteiger partial charge in [-0.05, 0) is 31.1 Å². The van der Waals surface area contributed by atoms with Crippen LogP contribution in [0.2, 0.25) is 0 Å². The summed E-state index contributed by atoms with van der Waals surface area (Å²) in [5, 5.41) is 11.0.